The Kier molecular flexibility index (Phi) is 5.91. The minimum atomic E-state index is -3.01. The highest BCUT2D eigenvalue weighted by atomic mass is 79.9. The first kappa shape index (κ1) is 16.6. The Bertz CT molecular complexity index is 537. The highest BCUT2D eigenvalue weighted by Gasteiger charge is 2.17. The van der Waals surface area contributed by atoms with Crippen LogP contribution in [0.5, 0.6) is 0 Å². The van der Waals surface area contributed by atoms with Gasteiger partial charge < -0.3 is 5.73 Å². The first-order valence-corrected chi connectivity index (χ1v) is 8.63. The van der Waals surface area contributed by atoms with Crippen LogP contribution < -0.4 is 5.73 Å². The second kappa shape index (κ2) is 6.78. The molecule has 1 atom stereocenters. The average molecular weight is 353 g/mol. The van der Waals surface area contributed by atoms with Gasteiger partial charge in [0.15, 0.2) is 0 Å². The largest absolute Gasteiger partial charge is 0.329 e. The number of nitrogens with zero attached hydrogens (tertiary/aromatic N) is 1. The summed E-state index contributed by atoms with van der Waals surface area (Å²) < 4.78 is 35.9. The van der Waals surface area contributed by atoms with Crippen LogP contribution in [0.25, 0.3) is 0 Å². The van der Waals surface area contributed by atoms with Crippen molar-refractivity contribution in [2.45, 2.75) is 6.04 Å². The van der Waals surface area contributed by atoms with Crippen LogP contribution in [0.15, 0.2) is 22.7 Å². The van der Waals surface area contributed by atoms with Gasteiger partial charge in [-0.25, -0.2) is 12.8 Å². The number of likely N-dealkylation sites (N-methyl/N-ethyl adjacent to an activating group) is 1. The van der Waals surface area contributed by atoms with Gasteiger partial charge >= 0.3 is 0 Å². The van der Waals surface area contributed by atoms with E-state index in [1.54, 1.807) is 19.2 Å². The number of hydrogen-bond acceptors (Lipinski definition) is 4. The normalized spacial score (nSPS) is 13.8. The molecule has 19 heavy (non-hydrogen) atoms. The molecule has 0 aliphatic carbocycles. The maximum Gasteiger partial charge on any atom is 0.148 e. The molecule has 0 saturated carbocycles. The molecule has 7 heteroatoms. The molecule has 0 spiro atoms. The number of nitrogens with two attached hydrogens (primary N) is 1. The summed E-state index contributed by atoms with van der Waals surface area (Å²) in [6, 6.07) is 4.56. The highest BCUT2D eigenvalue weighted by molar-refractivity contribution is 9.10. The molecular formula is C12H18BrFN2O2S. The quantitative estimate of drug-likeness (QED) is 0.843. The van der Waals surface area contributed by atoms with Gasteiger partial charge in [-0.2, -0.15) is 0 Å². The Morgan fingerprint density at radius 3 is 2.58 bits per heavy atom. The molecule has 0 saturated heterocycles. The highest BCUT2D eigenvalue weighted by Crippen LogP contribution is 2.24. The van der Waals surface area contributed by atoms with Gasteiger partial charge in [0.2, 0.25) is 0 Å². The summed E-state index contributed by atoms with van der Waals surface area (Å²) in [5.74, 6) is -0.263. The Morgan fingerprint density at radius 1 is 1.47 bits per heavy atom. The van der Waals surface area contributed by atoms with E-state index in [0.717, 1.165) is 5.56 Å². The molecule has 1 aromatic rings. The van der Waals surface area contributed by atoms with Crippen molar-refractivity contribution in [1.29, 1.82) is 0 Å². The summed E-state index contributed by atoms with van der Waals surface area (Å²) in [6.07, 6.45) is 1.20. The van der Waals surface area contributed by atoms with Crippen molar-refractivity contribution < 1.29 is 12.8 Å². The minimum Gasteiger partial charge on any atom is -0.329 e. The van der Waals surface area contributed by atoms with Gasteiger partial charge in [-0.15, -0.1) is 0 Å². The standard InChI is InChI=1S/C12H18BrFN2O2S/c1-16(5-6-19(2,17)18)12(8-15)9-3-4-11(14)10(13)7-9/h3-4,7,12H,5-6,8,15H2,1-2H3. The van der Waals surface area contributed by atoms with Gasteiger partial charge in [-0.1, -0.05) is 6.07 Å². The van der Waals surface area contributed by atoms with Crippen LogP contribution in [0, 0.1) is 5.82 Å². The zero-order chi connectivity index (χ0) is 14.6. The topological polar surface area (TPSA) is 63.4 Å². The third-order valence-corrected chi connectivity index (χ3v) is 4.43. The number of hydrogen-bond donors (Lipinski definition) is 1. The average Bonchev–Trinajstić information content (AvgIpc) is 2.31. The molecule has 1 unspecified atom stereocenters. The number of benzene rings is 1. The van der Waals surface area contributed by atoms with Crippen LogP contribution in [-0.4, -0.2) is 45.5 Å². The Hall–Kier alpha value is -0.500. The van der Waals surface area contributed by atoms with Crippen LogP contribution in [-0.2, 0) is 9.84 Å². The fourth-order valence-electron chi connectivity index (χ4n) is 1.76. The number of rotatable bonds is 6. The second-order valence-corrected chi connectivity index (χ2v) is 7.65. The predicted octanol–water partition coefficient (Wildman–Crippen LogP) is 1.56. The van der Waals surface area contributed by atoms with Crippen molar-refractivity contribution in [3.8, 4) is 0 Å². The van der Waals surface area contributed by atoms with Gasteiger partial charge in [0.05, 0.1) is 10.2 Å². The van der Waals surface area contributed by atoms with Crippen molar-refractivity contribution in [3.05, 3.63) is 34.1 Å². The number of halogens is 2. The van der Waals surface area contributed by atoms with Gasteiger partial charge in [-0.3, -0.25) is 4.90 Å². The van der Waals surface area contributed by atoms with E-state index < -0.39 is 9.84 Å². The van der Waals surface area contributed by atoms with E-state index in [4.69, 9.17) is 5.73 Å². The summed E-state index contributed by atoms with van der Waals surface area (Å²) in [4.78, 5) is 1.86. The van der Waals surface area contributed by atoms with Crippen molar-refractivity contribution in [2.24, 2.45) is 5.73 Å². The van der Waals surface area contributed by atoms with Gasteiger partial charge in [0, 0.05) is 25.4 Å². The van der Waals surface area contributed by atoms with Gasteiger partial charge in [0.25, 0.3) is 0 Å². The lowest BCUT2D eigenvalue weighted by molar-refractivity contribution is 0.264. The molecule has 0 amide bonds. The van der Waals surface area contributed by atoms with Crippen molar-refractivity contribution >= 4 is 25.8 Å². The second-order valence-electron chi connectivity index (χ2n) is 4.54. The Balaban J connectivity index is 2.84. The molecule has 1 aromatic carbocycles. The Labute approximate surface area is 121 Å². The molecule has 2 N–H and O–H groups in total. The SMILES string of the molecule is CN(CCS(C)(=O)=O)C(CN)c1ccc(F)c(Br)c1. The molecule has 0 heterocycles. The number of sulfone groups is 1. The summed E-state index contributed by atoms with van der Waals surface area (Å²) in [6.45, 7) is 0.716. The van der Waals surface area contributed by atoms with Crippen LogP contribution in [0.3, 0.4) is 0 Å². The first-order chi connectivity index (χ1) is 8.74. The lowest BCUT2D eigenvalue weighted by atomic mass is 10.1. The van der Waals surface area contributed by atoms with Gasteiger partial charge in [-0.05, 0) is 40.7 Å². The molecule has 0 radical (unpaired) electrons. The molecule has 0 aliphatic heterocycles. The van der Waals surface area contributed by atoms with E-state index in [9.17, 15) is 12.8 Å². The fraction of sp³-hybridized carbons (Fsp3) is 0.500. The molecule has 108 valence electrons. The summed E-state index contributed by atoms with van der Waals surface area (Å²) >= 11 is 3.13. The molecule has 0 fully saturated rings. The van der Waals surface area contributed by atoms with Gasteiger partial charge in [0.1, 0.15) is 15.7 Å². The van der Waals surface area contributed by atoms with E-state index in [1.165, 1.54) is 12.3 Å². The molecule has 0 aliphatic rings. The predicted molar refractivity (Wildman–Crippen MR) is 78.2 cm³/mol. The third-order valence-electron chi connectivity index (χ3n) is 2.90. The molecule has 0 bridgehead atoms. The molecule has 4 nitrogen and oxygen atoms in total. The molecule has 0 aromatic heterocycles. The van der Waals surface area contributed by atoms with Crippen molar-refractivity contribution in [3.63, 3.8) is 0 Å². The molecular weight excluding hydrogens is 335 g/mol. The summed E-state index contributed by atoms with van der Waals surface area (Å²) in [5, 5.41) is 0. The lowest BCUT2D eigenvalue weighted by Gasteiger charge is -2.27. The van der Waals surface area contributed by atoms with Crippen LogP contribution >= 0.6 is 15.9 Å². The lowest BCUT2D eigenvalue weighted by Crippen LogP contribution is -2.34. The first-order valence-electron chi connectivity index (χ1n) is 5.77. The summed E-state index contributed by atoms with van der Waals surface area (Å²) in [5.41, 5.74) is 6.59. The van der Waals surface area contributed by atoms with E-state index in [-0.39, 0.29) is 17.6 Å². The van der Waals surface area contributed by atoms with E-state index >= 15 is 0 Å². The Morgan fingerprint density at radius 2 is 2.11 bits per heavy atom. The monoisotopic (exact) mass is 352 g/mol. The van der Waals surface area contributed by atoms with Crippen LogP contribution in [0.2, 0.25) is 0 Å². The van der Waals surface area contributed by atoms with E-state index in [1.807, 2.05) is 4.90 Å². The smallest absolute Gasteiger partial charge is 0.148 e. The summed E-state index contributed by atoms with van der Waals surface area (Å²) in [7, 11) is -1.20. The van der Waals surface area contributed by atoms with E-state index in [2.05, 4.69) is 15.9 Å². The van der Waals surface area contributed by atoms with Crippen molar-refractivity contribution in [2.75, 3.05) is 32.1 Å². The maximum atomic E-state index is 13.2. The van der Waals surface area contributed by atoms with E-state index in [0.29, 0.717) is 17.6 Å². The van der Waals surface area contributed by atoms with Crippen LogP contribution in [0.1, 0.15) is 11.6 Å². The maximum absolute atomic E-state index is 13.2. The fourth-order valence-corrected chi connectivity index (χ4v) is 2.77. The minimum absolute atomic E-state index is 0.0718. The third kappa shape index (κ3) is 5.18. The van der Waals surface area contributed by atoms with Crippen LogP contribution in [0.4, 0.5) is 4.39 Å². The zero-order valence-electron chi connectivity index (χ0n) is 10.9. The zero-order valence-corrected chi connectivity index (χ0v) is 13.3. The van der Waals surface area contributed by atoms with Crippen molar-refractivity contribution in [1.82, 2.24) is 4.90 Å². The molecule has 1 rings (SSSR count).